The zero-order valence-corrected chi connectivity index (χ0v) is 12.4. The number of hydrogen-bond donors (Lipinski definition) is 1. The molecule has 112 valence electrons. The van der Waals surface area contributed by atoms with Crippen LogP contribution in [0, 0.1) is 0 Å². The molecular formula is C16H22N4O. The van der Waals surface area contributed by atoms with Crippen molar-refractivity contribution in [3.8, 4) is 0 Å². The van der Waals surface area contributed by atoms with Crippen LogP contribution in [0.25, 0.3) is 0 Å². The standard InChI is InChI=1S/C16H22N4O/c1-13(11-15-6-3-10-21-15)19-14-5-2-9-20(12-14)16-17-7-4-8-18-16/h3-4,6-8,10,13-14,19H,2,5,9,11-12H2,1H3. The fourth-order valence-electron chi connectivity index (χ4n) is 2.94. The van der Waals surface area contributed by atoms with Gasteiger partial charge in [-0.1, -0.05) is 0 Å². The van der Waals surface area contributed by atoms with Gasteiger partial charge in [-0.3, -0.25) is 0 Å². The molecule has 2 aromatic heterocycles. The lowest BCUT2D eigenvalue weighted by Crippen LogP contribution is -2.49. The van der Waals surface area contributed by atoms with Crippen LogP contribution in [0.1, 0.15) is 25.5 Å². The van der Waals surface area contributed by atoms with Crippen LogP contribution in [-0.2, 0) is 6.42 Å². The SMILES string of the molecule is CC(Cc1ccco1)NC1CCCN(c2ncccn2)C1. The molecule has 1 saturated heterocycles. The molecule has 0 aliphatic carbocycles. The zero-order valence-electron chi connectivity index (χ0n) is 12.4. The van der Waals surface area contributed by atoms with E-state index in [0.29, 0.717) is 12.1 Å². The number of piperidine rings is 1. The second kappa shape index (κ2) is 6.72. The first-order valence-corrected chi connectivity index (χ1v) is 7.61. The van der Waals surface area contributed by atoms with Gasteiger partial charge in [-0.05, 0) is 38.0 Å². The van der Waals surface area contributed by atoms with E-state index in [9.17, 15) is 0 Å². The number of rotatable bonds is 5. The third-order valence-corrected chi connectivity index (χ3v) is 3.86. The van der Waals surface area contributed by atoms with Gasteiger partial charge in [-0.25, -0.2) is 9.97 Å². The summed E-state index contributed by atoms with van der Waals surface area (Å²) in [6.45, 7) is 4.21. The minimum atomic E-state index is 0.401. The van der Waals surface area contributed by atoms with Crippen LogP contribution >= 0.6 is 0 Å². The van der Waals surface area contributed by atoms with Gasteiger partial charge in [-0.2, -0.15) is 0 Å². The Bertz CT molecular complexity index is 528. The van der Waals surface area contributed by atoms with E-state index in [1.54, 1.807) is 18.7 Å². The molecule has 21 heavy (non-hydrogen) atoms. The Morgan fingerprint density at radius 3 is 3.00 bits per heavy atom. The summed E-state index contributed by atoms with van der Waals surface area (Å²) in [6, 6.07) is 6.71. The van der Waals surface area contributed by atoms with Crippen molar-refractivity contribution in [2.75, 3.05) is 18.0 Å². The van der Waals surface area contributed by atoms with Gasteiger partial charge in [0.25, 0.3) is 0 Å². The van der Waals surface area contributed by atoms with Gasteiger partial charge in [0.2, 0.25) is 5.95 Å². The van der Waals surface area contributed by atoms with Gasteiger partial charge in [0.1, 0.15) is 5.76 Å². The highest BCUT2D eigenvalue weighted by molar-refractivity contribution is 5.29. The molecule has 1 aliphatic rings. The van der Waals surface area contributed by atoms with Crippen molar-refractivity contribution in [3.05, 3.63) is 42.6 Å². The van der Waals surface area contributed by atoms with Crippen molar-refractivity contribution in [3.63, 3.8) is 0 Å². The largest absolute Gasteiger partial charge is 0.469 e. The molecular weight excluding hydrogens is 264 g/mol. The van der Waals surface area contributed by atoms with Gasteiger partial charge in [0, 0.05) is 44.0 Å². The molecule has 5 heteroatoms. The van der Waals surface area contributed by atoms with Crippen molar-refractivity contribution in [2.24, 2.45) is 0 Å². The smallest absolute Gasteiger partial charge is 0.225 e. The Kier molecular flexibility index (Phi) is 4.50. The molecule has 3 heterocycles. The summed E-state index contributed by atoms with van der Waals surface area (Å²) >= 11 is 0. The Morgan fingerprint density at radius 1 is 1.38 bits per heavy atom. The van der Waals surface area contributed by atoms with E-state index in [-0.39, 0.29) is 0 Å². The fourth-order valence-corrected chi connectivity index (χ4v) is 2.94. The van der Waals surface area contributed by atoms with Crippen LogP contribution in [0.5, 0.6) is 0 Å². The lowest BCUT2D eigenvalue weighted by Gasteiger charge is -2.34. The highest BCUT2D eigenvalue weighted by Gasteiger charge is 2.22. The zero-order chi connectivity index (χ0) is 14.5. The summed E-state index contributed by atoms with van der Waals surface area (Å²) in [6.07, 6.45) is 8.63. The Labute approximate surface area is 125 Å². The topological polar surface area (TPSA) is 54.2 Å². The van der Waals surface area contributed by atoms with Crippen LogP contribution in [0.15, 0.2) is 41.3 Å². The molecule has 0 spiro atoms. The predicted octanol–water partition coefficient (Wildman–Crippen LogP) is 2.26. The molecule has 0 aromatic carbocycles. The number of anilines is 1. The Hall–Kier alpha value is -1.88. The van der Waals surface area contributed by atoms with Crippen molar-refractivity contribution >= 4 is 5.95 Å². The minimum absolute atomic E-state index is 0.401. The second-order valence-corrected chi connectivity index (χ2v) is 5.69. The van der Waals surface area contributed by atoms with Gasteiger partial charge < -0.3 is 14.6 Å². The highest BCUT2D eigenvalue weighted by atomic mass is 16.3. The molecule has 0 radical (unpaired) electrons. The number of aromatic nitrogens is 2. The van der Waals surface area contributed by atoms with Crippen LogP contribution in [0.2, 0.25) is 0 Å². The molecule has 1 fully saturated rings. The summed E-state index contributed by atoms with van der Waals surface area (Å²) in [4.78, 5) is 11.0. The van der Waals surface area contributed by atoms with Crippen molar-refractivity contribution in [1.29, 1.82) is 0 Å². The monoisotopic (exact) mass is 286 g/mol. The number of hydrogen-bond acceptors (Lipinski definition) is 5. The Morgan fingerprint density at radius 2 is 2.24 bits per heavy atom. The van der Waals surface area contributed by atoms with Crippen LogP contribution < -0.4 is 10.2 Å². The van der Waals surface area contributed by atoms with Gasteiger partial charge in [-0.15, -0.1) is 0 Å². The normalized spacial score (nSPS) is 20.4. The molecule has 2 aromatic rings. The van der Waals surface area contributed by atoms with Crippen LogP contribution in [0.4, 0.5) is 5.95 Å². The lowest BCUT2D eigenvalue weighted by molar-refractivity contribution is 0.367. The molecule has 3 rings (SSSR count). The van der Waals surface area contributed by atoms with Crippen molar-refractivity contribution < 1.29 is 4.42 Å². The highest BCUT2D eigenvalue weighted by Crippen LogP contribution is 2.16. The maximum atomic E-state index is 5.41. The summed E-state index contributed by atoms with van der Waals surface area (Å²) in [5, 5.41) is 3.70. The third kappa shape index (κ3) is 3.82. The summed E-state index contributed by atoms with van der Waals surface area (Å²) in [7, 11) is 0. The lowest BCUT2D eigenvalue weighted by atomic mass is 10.0. The predicted molar refractivity (Wildman–Crippen MR) is 82.3 cm³/mol. The van der Waals surface area contributed by atoms with E-state index in [1.165, 1.54) is 12.8 Å². The number of furan rings is 1. The molecule has 1 aliphatic heterocycles. The van der Waals surface area contributed by atoms with Gasteiger partial charge in [0.15, 0.2) is 0 Å². The average molecular weight is 286 g/mol. The van der Waals surface area contributed by atoms with Crippen LogP contribution in [0.3, 0.4) is 0 Å². The second-order valence-electron chi connectivity index (χ2n) is 5.69. The Balaban J connectivity index is 1.54. The first-order valence-electron chi connectivity index (χ1n) is 7.61. The van der Waals surface area contributed by atoms with Gasteiger partial charge >= 0.3 is 0 Å². The van der Waals surface area contributed by atoms with Crippen LogP contribution in [-0.4, -0.2) is 35.1 Å². The van der Waals surface area contributed by atoms with E-state index in [1.807, 2.05) is 18.2 Å². The first-order chi connectivity index (χ1) is 10.3. The van der Waals surface area contributed by atoms with Gasteiger partial charge in [0.05, 0.1) is 6.26 Å². The molecule has 2 unspecified atom stereocenters. The van der Waals surface area contributed by atoms with E-state index in [2.05, 4.69) is 27.1 Å². The molecule has 0 amide bonds. The van der Waals surface area contributed by atoms with E-state index in [4.69, 9.17) is 4.42 Å². The molecule has 2 atom stereocenters. The number of nitrogens with one attached hydrogen (secondary N) is 1. The van der Waals surface area contributed by atoms with E-state index in [0.717, 1.165) is 31.2 Å². The summed E-state index contributed by atoms with van der Waals surface area (Å²) in [5.74, 6) is 1.87. The maximum Gasteiger partial charge on any atom is 0.225 e. The van der Waals surface area contributed by atoms with Crippen molar-refractivity contribution in [1.82, 2.24) is 15.3 Å². The molecule has 0 bridgehead atoms. The third-order valence-electron chi connectivity index (χ3n) is 3.86. The fraction of sp³-hybridized carbons (Fsp3) is 0.500. The molecule has 0 saturated carbocycles. The minimum Gasteiger partial charge on any atom is -0.469 e. The number of nitrogens with zero attached hydrogens (tertiary/aromatic N) is 3. The quantitative estimate of drug-likeness (QED) is 0.913. The average Bonchev–Trinajstić information content (AvgIpc) is 3.01. The van der Waals surface area contributed by atoms with E-state index < -0.39 is 0 Å². The summed E-state index contributed by atoms with van der Waals surface area (Å²) < 4.78 is 5.41. The van der Waals surface area contributed by atoms with Crippen molar-refractivity contribution in [2.45, 2.75) is 38.3 Å². The van der Waals surface area contributed by atoms with E-state index >= 15 is 0 Å². The maximum absolute atomic E-state index is 5.41. The summed E-state index contributed by atoms with van der Waals surface area (Å²) in [5.41, 5.74) is 0. The first kappa shape index (κ1) is 14.1. The molecule has 5 nitrogen and oxygen atoms in total. The molecule has 1 N–H and O–H groups in total.